The van der Waals surface area contributed by atoms with Gasteiger partial charge in [-0.25, -0.2) is 0 Å². The maximum Gasteiger partial charge on any atom is 0.0806 e. The van der Waals surface area contributed by atoms with E-state index in [4.69, 9.17) is 0 Å². The van der Waals surface area contributed by atoms with Crippen LogP contribution in [-0.4, -0.2) is 32.2 Å². The number of halogens is 1. The summed E-state index contributed by atoms with van der Waals surface area (Å²) in [5, 5.41) is 0. The molecule has 1 atom stereocenters. The van der Waals surface area contributed by atoms with Gasteiger partial charge in [0.15, 0.2) is 0 Å². The Labute approximate surface area is 110 Å². The van der Waals surface area contributed by atoms with Crippen molar-refractivity contribution in [2.24, 2.45) is 5.92 Å². The van der Waals surface area contributed by atoms with E-state index in [0.717, 1.165) is 10.4 Å². The molecule has 0 spiro atoms. The second kappa shape index (κ2) is 10.4. The largest absolute Gasteiger partial charge is 1.00 e. The third kappa shape index (κ3) is 14.2. The number of rotatable bonds is 9. The van der Waals surface area contributed by atoms with Crippen molar-refractivity contribution < 1.29 is 16.9 Å². The molecule has 0 heterocycles. The summed E-state index contributed by atoms with van der Waals surface area (Å²) in [5.41, 5.74) is 0. The van der Waals surface area contributed by atoms with Crippen LogP contribution in [0.5, 0.6) is 0 Å². The lowest BCUT2D eigenvalue weighted by atomic mass is 10.0. The summed E-state index contributed by atoms with van der Waals surface area (Å²) in [6, 6.07) is 0. The first kappa shape index (κ1) is 18.6. The van der Waals surface area contributed by atoms with E-state index in [2.05, 4.69) is 35.0 Å². The first-order chi connectivity index (χ1) is 6.95. The predicted octanol–water partition coefficient (Wildman–Crippen LogP) is 1.08. The second-order valence-electron chi connectivity index (χ2n) is 6.13. The number of hydrogen-bond donors (Lipinski definition) is 0. The molecule has 0 radical (unpaired) electrons. The Morgan fingerprint density at radius 2 is 1.38 bits per heavy atom. The first-order valence-electron chi connectivity index (χ1n) is 6.76. The molecule has 0 saturated heterocycles. The lowest BCUT2D eigenvalue weighted by Crippen LogP contribution is -3.00. The summed E-state index contributed by atoms with van der Waals surface area (Å²) >= 11 is 0. The Bertz CT molecular complexity index is 140. The molecule has 0 aliphatic carbocycles. The van der Waals surface area contributed by atoms with Crippen LogP contribution in [0, 0.1) is 5.92 Å². The van der Waals surface area contributed by atoms with Crippen molar-refractivity contribution >= 4 is 0 Å². The van der Waals surface area contributed by atoms with Crippen molar-refractivity contribution in [1.29, 1.82) is 0 Å². The summed E-state index contributed by atoms with van der Waals surface area (Å²) in [6.07, 6.45) is 9.98. The monoisotopic (exact) mass is 249 g/mol. The normalized spacial score (nSPS) is 13.3. The SMILES string of the molecule is CCCCCCCCC(C)C[N+](C)(C)C.[Cl-]. The van der Waals surface area contributed by atoms with Gasteiger partial charge < -0.3 is 16.9 Å². The van der Waals surface area contributed by atoms with Gasteiger partial charge in [0.05, 0.1) is 27.7 Å². The lowest BCUT2D eigenvalue weighted by molar-refractivity contribution is -0.873. The van der Waals surface area contributed by atoms with Gasteiger partial charge in [0.2, 0.25) is 0 Å². The van der Waals surface area contributed by atoms with E-state index in [-0.39, 0.29) is 12.4 Å². The van der Waals surface area contributed by atoms with E-state index >= 15 is 0 Å². The first-order valence-corrected chi connectivity index (χ1v) is 6.76. The minimum absolute atomic E-state index is 0. The van der Waals surface area contributed by atoms with Crippen LogP contribution in [0.3, 0.4) is 0 Å². The van der Waals surface area contributed by atoms with Crippen molar-refractivity contribution in [3.8, 4) is 0 Å². The van der Waals surface area contributed by atoms with Gasteiger partial charge >= 0.3 is 0 Å². The molecule has 0 bridgehead atoms. The van der Waals surface area contributed by atoms with E-state index in [1.54, 1.807) is 0 Å². The van der Waals surface area contributed by atoms with E-state index in [0.29, 0.717) is 0 Å². The average Bonchev–Trinajstić information content (AvgIpc) is 2.08. The lowest BCUT2D eigenvalue weighted by Gasteiger charge is -2.27. The van der Waals surface area contributed by atoms with Crippen LogP contribution in [0.25, 0.3) is 0 Å². The molecule has 0 aromatic carbocycles. The summed E-state index contributed by atoms with van der Waals surface area (Å²) in [4.78, 5) is 0. The summed E-state index contributed by atoms with van der Waals surface area (Å²) < 4.78 is 1.11. The quantitative estimate of drug-likeness (QED) is 0.424. The standard InChI is InChI=1S/C14H32N.ClH/c1-6-7-8-9-10-11-12-14(2)13-15(3,4)5;/h14H,6-13H2,1-5H3;1H/q+1;/p-1. The second-order valence-corrected chi connectivity index (χ2v) is 6.13. The van der Waals surface area contributed by atoms with Gasteiger partial charge in [-0.1, -0.05) is 52.4 Å². The molecule has 0 aromatic heterocycles. The molecule has 0 fully saturated rings. The van der Waals surface area contributed by atoms with Gasteiger partial charge in [0.25, 0.3) is 0 Å². The summed E-state index contributed by atoms with van der Waals surface area (Å²) in [7, 11) is 6.87. The molecule has 0 saturated carbocycles. The number of nitrogens with zero attached hydrogens (tertiary/aromatic N) is 1. The smallest absolute Gasteiger partial charge is 0.0806 e. The maximum atomic E-state index is 2.40. The molecular formula is C14H32ClN. The van der Waals surface area contributed by atoms with Crippen molar-refractivity contribution in [3.05, 3.63) is 0 Å². The Morgan fingerprint density at radius 3 is 1.88 bits per heavy atom. The summed E-state index contributed by atoms with van der Waals surface area (Å²) in [5.74, 6) is 0.885. The third-order valence-corrected chi connectivity index (χ3v) is 2.91. The highest BCUT2D eigenvalue weighted by Crippen LogP contribution is 2.13. The molecule has 0 aromatic rings. The molecular weight excluding hydrogens is 218 g/mol. The van der Waals surface area contributed by atoms with Crippen LogP contribution in [-0.2, 0) is 0 Å². The van der Waals surface area contributed by atoms with Gasteiger partial charge in [-0.05, 0) is 6.42 Å². The number of hydrogen-bond acceptors (Lipinski definition) is 0. The van der Waals surface area contributed by atoms with Gasteiger partial charge in [-0.2, -0.15) is 0 Å². The van der Waals surface area contributed by atoms with Crippen molar-refractivity contribution in [3.63, 3.8) is 0 Å². The van der Waals surface area contributed by atoms with Gasteiger partial charge in [0, 0.05) is 5.92 Å². The topological polar surface area (TPSA) is 0 Å². The van der Waals surface area contributed by atoms with Crippen molar-refractivity contribution in [2.75, 3.05) is 27.7 Å². The van der Waals surface area contributed by atoms with Gasteiger partial charge in [-0.15, -0.1) is 0 Å². The van der Waals surface area contributed by atoms with Crippen LogP contribution < -0.4 is 12.4 Å². The van der Waals surface area contributed by atoms with E-state index < -0.39 is 0 Å². The van der Waals surface area contributed by atoms with Gasteiger partial charge in [0.1, 0.15) is 0 Å². The molecule has 0 aliphatic rings. The number of unbranched alkanes of at least 4 members (excludes halogenated alkanes) is 5. The Hall–Kier alpha value is 0.250. The Balaban J connectivity index is 0. The van der Waals surface area contributed by atoms with Crippen LogP contribution >= 0.6 is 0 Å². The van der Waals surface area contributed by atoms with Crippen LogP contribution in [0.15, 0.2) is 0 Å². The van der Waals surface area contributed by atoms with Crippen molar-refractivity contribution in [1.82, 2.24) is 0 Å². The highest BCUT2D eigenvalue weighted by atomic mass is 35.5. The predicted molar refractivity (Wildman–Crippen MR) is 70.1 cm³/mol. The molecule has 16 heavy (non-hydrogen) atoms. The zero-order valence-electron chi connectivity index (χ0n) is 12.1. The Morgan fingerprint density at radius 1 is 0.875 bits per heavy atom. The molecule has 1 nitrogen and oxygen atoms in total. The van der Waals surface area contributed by atoms with E-state index in [1.807, 2.05) is 0 Å². The highest BCUT2D eigenvalue weighted by molar-refractivity contribution is 4.52. The Kier molecular flexibility index (Phi) is 12.1. The zero-order chi connectivity index (χ0) is 11.7. The minimum Gasteiger partial charge on any atom is -1.00 e. The summed E-state index contributed by atoms with van der Waals surface area (Å²) in [6.45, 7) is 5.99. The van der Waals surface area contributed by atoms with E-state index in [9.17, 15) is 0 Å². The fourth-order valence-corrected chi connectivity index (χ4v) is 2.30. The molecule has 0 aliphatic heterocycles. The highest BCUT2D eigenvalue weighted by Gasteiger charge is 2.12. The zero-order valence-corrected chi connectivity index (χ0v) is 12.8. The molecule has 0 N–H and O–H groups in total. The average molecular weight is 250 g/mol. The molecule has 2 heteroatoms. The fourth-order valence-electron chi connectivity index (χ4n) is 2.30. The minimum atomic E-state index is 0. The van der Waals surface area contributed by atoms with E-state index in [1.165, 1.54) is 51.5 Å². The number of quaternary nitrogens is 1. The third-order valence-electron chi connectivity index (χ3n) is 2.91. The van der Waals surface area contributed by atoms with Crippen molar-refractivity contribution in [2.45, 2.75) is 58.8 Å². The fraction of sp³-hybridized carbons (Fsp3) is 1.00. The molecule has 0 rings (SSSR count). The molecule has 100 valence electrons. The van der Waals surface area contributed by atoms with Crippen LogP contribution in [0.2, 0.25) is 0 Å². The van der Waals surface area contributed by atoms with Crippen LogP contribution in [0.1, 0.15) is 58.8 Å². The van der Waals surface area contributed by atoms with Gasteiger partial charge in [-0.3, -0.25) is 0 Å². The molecule has 1 unspecified atom stereocenters. The maximum absolute atomic E-state index is 2.40. The molecule has 0 amide bonds. The van der Waals surface area contributed by atoms with Crippen LogP contribution in [0.4, 0.5) is 0 Å².